The van der Waals surface area contributed by atoms with Crippen LogP contribution in [0.4, 0.5) is 0 Å². The molecule has 1 atom stereocenters. The van der Waals surface area contributed by atoms with Gasteiger partial charge in [-0.05, 0) is 43.4 Å². The van der Waals surface area contributed by atoms with E-state index in [1.165, 1.54) is 23.2 Å². The second kappa shape index (κ2) is 3.70. The third-order valence-corrected chi connectivity index (χ3v) is 2.51. The molecule has 0 saturated carbocycles. The molecule has 12 heavy (non-hydrogen) atoms. The van der Waals surface area contributed by atoms with E-state index in [0.717, 1.165) is 0 Å². The molecule has 0 spiro atoms. The lowest BCUT2D eigenvalue weighted by Crippen LogP contribution is -2.00. The maximum Gasteiger partial charge on any atom is 0.0409 e. The SMILES string of the molecule is CCC(C)c1c(C)ccnc1C. The molecule has 1 nitrogen and oxygen atoms in total. The molecule has 0 saturated heterocycles. The van der Waals surface area contributed by atoms with E-state index in [1.54, 1.807) is 0 Å². The van der Waals surface area contributed by atoms with Crippen molar-refractivity contribution < 1.29 is 0 Å². The fourth-order valence-corrected chi connectivity index (χ4v) is 1.65. The zero-order chi connectivity index (χ0) is 9.14. The fraction of sp³-hybridized carbons (Fsp3) is 0.545. The molecule has 66 valence electrons. The number of pyridine rings is 1. The van der Waals surface area contributed by atoms with Crippen LogP contribution in [0.1, 0.15) is 43.0 Å². The second-order valence-electron chi connectivity index (χ2n) is 3.44. The zero-order valence-electron chi connectivity index (χ0n) is 8.39. The number of nitrogens with zero attached hydrogens (tertiary/aromatic N) is 1. The number of aryl methyl sites for hydroxylation is 2. The standard InChI is InChI=1S/C11H17N/c1-5-8(2)11-9(3)6-7-12-10(11)4/h6-8H,5H2,1-4H3. The van der Waals surface area contributed by atoms with Gasteiger partial charge in [-0.15, -0.1) is 0 Å². The van der Waals surface area contributed by atoms with E-state index in [2.05, 4.69) is 38.7 Å². The molecule has 1 heteroatoms. The van der Waals surface area contributed by atoms with Crippen LogP contribution in [0.5, 0.6) is 0 Å². The first-order valence-electron chi connectivity index (χ1n) is 4.59. The van der Waals surface area contributed by atoms with Gasteiger partial charge in [0.05, 0.1) is 0 Å². The summed E-state index contributed by atoms with van der Waals surface area (Å²) in [5.41, 5.74) is 3.99. The van der Waals surface area contributed by atoms with E-state index in [9.17, 15) is 0 Å². The molecule has 0 aliphatic heterocycles. The summed E-state index contributed by atoms with van der Waals surface area (Å²) >= 11 is 0. The van der Waals surface area contributed by atoms with Crippen molar-refractivity contribution in [1.82, 2.24) is 4.98 Å². The molecule has 0 N–H and O–H groups in total. The van der Waals surface area contributed by atoms with Gasteiger partial charge in [0, 0.05) is 11.9 Å². The van der Waals surface area contributed by atoms with Gasteiger partial charge in [0.2, 0.25) is 0 Å². The topological polar surface area (TPSA) is 12.9 Å². The van der Waals surface area contributed by atoms with Crippen LogP contribution in [0, 0.1) is 13.8 Å². The first kappa shape index (κ1) is 9.24. The average molecular weight is 163 g/mol. The monoisotopic (exact) mass is 163 g/mol. The molecule has 1 rings (SSSR count). The summed E-state index contributed by atoms with van der Waals surface area (Å²) in [4.78, 5) is 4.31. The summed E-state index contributed by atoms with van der Waals surface area (Å²) in [7, 11) is 0. The van der Waals surface area contributed by atoms with Crippen molar-refractivity contribution in [3.63, 3.8) is 0 Å². The quantitative estimate of drug-likeness (QED) is 0.652. The van der Waals surface area contributed by atoms with Gasteiger partial charge in [0.1, 0.15) is 0 Å². The van der Waals surface area contributed by atoms with Crippen molar-refractivity contribution in [2.75, 3.05) is 0 Å². The van der Waals surface area contributed by atoms with E-state index >= 15 is 0 Å². The maximum absolute atomic E-state index is 4.31. The van der Waals surface area contributed by atoms with Crippen LogP contribution >= 0.6 is 0 Å². The first-order chi connectivity index (χ1) is 5.66. The van der Waals surface area contributed by atoms with Crippen molar-refractivity contribution >= 4 is 0 Å². The van der Waals surface area contributed by atoms with Crippen molar-refractivity contribution in [3.8, 4) is 0 Å². The summed E-state index contributed by atoms with van der Waals surface area (Å²) in [6.07, 6.45) is 3.07. The summed E-state index contributed by atoms with van der Waals surface area (Å²) in [6, 6.07) is 2.09. The Hall–Kier alpha value is -0.850. The van der Waals surface area contributed by atoms with Crippen molar-refractivity contribution in [2.45, 2.75) is 40.0 Å². The molecular weight excluding hydrogens is 146 g/mol. The molecule has 0 bridgehead atoms. The Kier molecular flexibility index (Phi) is 2.85. The van der Waals surface area contributed by atoms with Crippen molar-refractivity contribution in [1.29, 1.82) is 0 Å². The number of rotatable bonds is 2. The van der Waals surface area contributed by atoms with Crippen LogP contribution < -0.4 is 0 Å². The second-order valence-corrected chi connectivity index (χ2v) is 3.44. The van der Waals surface area contributed by atoms with Crippen molar-refractivity contribution in [2.24, 2.45) is 0 Å². The Morgan fingerprint density at radius 1 is 1.42 bits per heavy atom. The van der Waals surface area contributed by atoms with Crippen LogP contribution in [0.2, 0.25) is 0 Å². The van der Waals surface area contributed by atoms with Gasteiger partial charge in [0.25, 0.3) is 0 Å². The molecule has 0 aromatic carbocycles. The minimum atomic E-state index is 0.638. The Morgan fingerprint density at radius 3 is 2.58 bits per heavy atom. The minimum absolute atomic E-state index is 0.638. The zero-order valence-corrected chi connectivity index (χ0v) is 8.39. The van der Waals surface area contributed by atoms with Gasteiger partial charge >= 0.3 is 0 Å². The molecule has 0 radical (unpaired) electrons. The average Bonchev–Trinajstić information content (AvgIpc) is 2.03. The summed E-state index contributed by atoms with van der Waals surface area (Å²) in [5.74, 6) is 0.638. The van der Waals surface area contributed by atoms with Gasteiger partial charge in [-0.2, -0.15) is 0 Å². The fourth-order valence-electron chi connectivity index (χ4n) is 1.65. The lowest BCUT2D eigenvalue weighted by molar-refractivity contribution is 0.716. The van der Waals surface area contributed by atoms with E-state index in [1.807, 2.05) is 6.20 Å². The van der Waals surface area contributed by atoms with Gasteiger partial charge in [-0.3, -0.25) is 4.98 Å². The maximum atomic E-state index is 4.31. The Balaban J connectivity index is 3.12. The highest BCUT2D eigenvalue weighted by molar-refractivity contribution is 5.31. The van der Waals surface area contributed by atoms with Gasteiger partial charge in [0.15, 0.2) is 0 Å². The Morgan fingerprint density at radius 2 is 2.08 bits per heavy atom. The summed E-state index contributed by atoms with van der Waals surface area (Å²) in [6.45, 7) is 8.73. The molecule has 0 fully saturated rings. The number of aromatic nitrogens is 1. The van der Waals surface area contributed by atoms with Crippen molar-refractivity contribution in [3.05, 3.63) is 29.1 Å². The third kappa shape index (κ3) is 1.66. The van der Waals surface area contributed by atoms with Crippen LogP contribution in [0.15, 0.2) is 12.3 Å². The van der Waals surface area contributed by atoms with Crippen LogP contribution in [0.3, 0.4) is 0 Å². The predicted molar refractivity (Wildman–Crippen MR) is 52.4 cm³/mol. The van der Waals surface area contributed by atoms with E-state index in [4.69, 9.17) is 0 Å². The van der Waals surface area contributed by atoms with Gasteiger partial charge in [-0.1, -0.05) is 13.8 Å². The predicted octanol–water partition coefficient (Wildman–Crippen LogP) is 3.21. The van der Waals surface area contributed by atoms with Crippen LogP contribution in [-0.2, 0) is 0 Å². The molecule has 1 aromatic rings. The Bertz CT molecular complexity index is 245. The van der Waals surface area contributed by atoms with Crippen LogP contribution in [-0.4, -0.2) is 4.98 Å². The molecule has 1 heterocycles. The Labute approximate surface area is 74.8 Å². The molecule has 1 unspecified atom stereocenters. The highest BCUT2D eigenvalue weighted by Crippen LogP contribution is 2.23. The largest absolute Gasteiger partial charge is 0.261 e. The number of hydrogen-bond acceptors (Lipinski definition) is 1. The number of hydrogen-bond donors (Lipinski definition) is 0. The van der Waals surface area contributed by atoms with E-state index in [0.29, 0.717) is 5.92 Å². The molecule has 0 aliphatic carbocycles. The van der Waals surface area contributed by atoms with E-state index in [-0.39, 0.29) is 0 Å². The highest BCUT2D eigenvalue weighted by atomic mass is 14.7. The molecule has 1 aromatic heterocycles. The molecule has 0 aliphatic rings. The lowest BCUT2D eigenvalue weighted by Gasteiger charge is -2.14. The lowest BCUT2D eigenvalue weighted by atomic mass is 9.93. The van der Waals surface area contributed by atoms with Gasteiger partial charge < -0.3 is 0 Å². The summed E-state index contributed by atoms with van der Waals surface area (Å²) in [5, 5.41) is 0. The first-order valence-corrected chi connectivity index (χ1v) is 4.59. The van der Waals surface area contributed by atoms with E-state index < -0.39 is 0 Å². The smallest absolute Gasteiger partial charge is 0.0409 e. The third-order valence-electron chi connectivity index (χ3n) is 2.51. The normalized spacial score (nSPS) is 13.0. The highest BCUT2D eigenvalue weighted by Gasteiger charge is 2.09. The van der Waals surface area contributed by atoms with Crippen LogP contribution in [0.25, 0.3) is 0 Å². The molecule has 0 amide bonds. The molecular formula is C11H17N. The summed E-state index contributed by atoms with van der Waals surface area (Å²) < 4.78 is 0. The minimum Gasteiger partial charge on any atom is -0.261 e. The van der Waals surface area contributed by atoms with Gasteiger partial charge in [-0.25, -0.2) is 0 Å².